The van der Waals surface area contributed by atoms with Crippen molar-refractivity contribution in [3.63, 3.8) is 0 Å². The van der Waals surface area contributed by atoms with Gasteiger partial charge in [-0.15, -0.1) is 13.2 Å². The molecule has 0 radical (unpaired) electrons. The number of ether oxygens (including phenoxy) is 2. The Balaban J connectivity index is 2.07. The number of nitrogens with one attached hydrogen (secondary N) is 2. The molecular formula is C29H44N4O7S. The zero-order valence-electron chi connectivity index (χ0n) is 24.8. The Kier molecular flexibility index (Phi) is 12.1. The van der Waals surface area contributed by atoms with Crippen LogP contribution in [0.1, 0.15) is 50.9 Å². The van der Waals surface area contributed by atoms with Gasteiger partial charge in [0.05, 0.1) is 29.1 Å². The third-order valence-corrected chi connectivity index (χ3v) is 8.50. The van der Waals surface area contributed by atoms with Crippen molar-refractivity contribution in [2.75, 3.05) is 46.4 Å². The molecule has 12 heteroatoms. The first-order valence-electron chi connectivity index (χ1n) is 13.6. The van der Waals surface area contributed by atoms with E-state index in [0.29, 0.717) is 25.9 Å². The van der Waals surface area contributed by atoms with Crippen molar-refractivity contribution in [2.45, 2.75) is 57.1 Å². The van der Waals surface area contributed by atoms with E-state index in [1.165, 1.54) is 25.3 Å². The minimum absolute atomic E-state index is 0.00500. The summed E-state index contributed by atoms with van der Waals surface area (Å²) >= 11 is 0. The molecule has 0 aliphatic carbocycles. The Morgan fingerprint density at radius 3 is 2.37 bits per heavy atom. The van der Waals surface area contributed by atoms with Crippen LogP contribution in [0.2, 0.25) is 0 Å². The summed E-state index contributed by atoms with van der Waals surface area (Å²) in [6.07, 6.45) is 3.39. The van der Waals surface area contributed by atoms with Crippen LogP contribution in [0.5, 0.6) is 0 Å². The van der Waals surface area contributed by atoms with E-state index in [1.54, 1.807) is 50.8 Å². The molecule has 3 amide bonds. The van der Waals surface area contributed by atoms with Crippen LogP contribution in [0.4, 0.5) is 4.79 Å². The standard InChI is InChI=1S/C29H44N4O7S/c1-8-16-32(7)41(37,38)24-13-11-10-12-23(24)25(34)31-22(3)20-30-26(35)29(21-39-19-9-2)14-17-33(18-15-29)27(36)40-28(4,5)6/h8-13,22H,1-2,14-21H2,3-7H3,(H,30,35)(H,31,34)/t22-/m1/s1. The topological polar surface area (TPSA) is 134 Å². The Hall–Kier alpha value is -3.22. The van der Waals surface area contributed by atoms with Gasteiger partial charge in [-0.25, -0.2) is 13.2 Å². The molecule has 0 bridgehead atoms. The van der Waals surface area contributed by atoms with E-state index in [0.717, 1.165) is 4.31 Å². The predicted molar refractivity (Wildman–Crippen MR) is 157 cm³/mol. The first-order valence-corrected chi connectivity index (χ1v) is 15.0. The van der Waals surface area contributed by atoms with Crippen LogP contribution in [0.3, 0.4) is 0 Å². The number of likely N-dealkylation sites (tertiary alicyclic amines) is 1. The molecular weight excluding hydrogens is 548 g/mol. The number of likely N-dealkylation sites (N-methyl/N-ethyl adjacent to an activating group) is 1. The first-order chi connectivity index (χ1) is 19.2. The van der Waals surface area contributed by atoms with Gasteiger partial charge >= 0.3 is 6.09 Å². The maximum atomic E-state index is 13.4. The maximum Gasteiger partial charge on any atom is 0.410 e. The fraction of sp³-hybridized carbons (Fsp3) is 0.552. The Bertz CT molecular complexity index is 1200. The van der Waals surface area contributed by atoms with Crippen LogP contribution in [0.25, 0.3) is 0 Å². The molecule has 1 aromatic carbocycles. The van der Waals surface area contributed by atoms with Crippen LogP contribution in [0.15, 0.2) is 54.5 Å². The highest BCUT2D eigenvalue weighted by atomic mass is 32.2. The average Bonchev–Trinajstić information content (AvgIpc) is 2.91. The molecule has 2 rings (SSSR count). The molecule has 228 valence electrons. The second-order valence-electron chi connectivity index (χ2n) is 11.2. The van der Waals surface area contributed by atoms with E-state index in [-0.39, 0.29) is 42.7 Å². The molecule has 0 unspecified atom stereocenters. The summed E-state index contributed by atoms with van der Waals surface area (Å²) < 4.78 is 38.2. The number of hydrogen-bond acceptors (Lipinski definition) is 7. The summed E-state index contributed by atoms with van der Waals surface area (Å²) in [5.41, 5.74) is -1.49. The number of carbonyl (C=O) groups excluding carboxylic acids is 3. The molecule has 2 N–H and O–H groups in total. The highest BCUT2D eigenvalue weighted by Crippen LogP contribution is 2.33. The van der Waals surface area contributed by atoms with Crippen molar-refractivity contribution in [2.24, 2.45) is 5.41 Å². The highest BCUT2D eigenvalue weighted by Gasteiger charge is 2.43. The van der Waals surface area contributed by atoms with Gasteiger partial charge in [0.2, 0.25) is 15.9 Å². The number of hydrogen-bond donors (Lipinski definition) is 2. The number of sulfonamides is 1. The molecule has 1 atom stereocenters. The summed E-state index contributed by atoms with van der Waals surface area (Å²) in [5.74, 6) is -0.826. The van der Waals surface area contributed by atoms with Gasteiger partial charge in [-0.05, 0) is 52.7 Å². The van der Waals surface area contributed by atoms with Gasteiger partial charge in [0.25, 0.3) is 5.91 Å². The Labute approximate surface area is 244 Å². The van der Waals surface area contributed by atoms with Crippen LogP contribution in [-0.4, -0.2) is 93.6 Å². The van der Waals surface area contributed by atoms with Gasteiger partial charge in [0.15, 0.2) is 0 Å². The highest BCUT2D eigenvalue weighted by molar-refractivity contribution is 7.89. The minimum Gasteiger partial charge on any atom is -0.444 e. The van der Waals surface area contributed by atoms with Crippen molar-refractivity contribution in [1.82, 2.24) is 19.8 Å². The maximum absolute atomic E-state index is 13.4. The molecule has 1 aliphatic heterocycles. The number of piperidine rings is 1. The molecule has 1 heterocycles. The van der Waals surface area contributed by atoms with E-state index >= 15 is 0 Å². The van der Waals surface area contributed by atoms with Crippen molar-refractivity contribution in [3.8, 4) is 0 Å². The number of amides is 3. The van der Waals surface area contributed by atoms with Crippen LogP contribution in [0, 0.1) is 5.41 Å². The number of benzene rings is 1. The molecule has 1 aliphatic rings. The van der Waals surface area contributed by atoms with E-state index in [4.69, 9.17) is 9.47 Å². The SMILES string of the molecule is C=CCOCC1(C(=O)NC[C@@H](C)NC(=O)c2ccccc2S(=O)(=O)N(C)CC=C)CCN(C(=O)OC(C)(C)C)CC1. The lowest BCUT2D eigenvalue weighted by molar-refractivity contribution is -0.138. The molecule has 0 saturated carbocycles. The average molecular weight is 593 g/mol. The molecule has 0 spiro atoms. The summed E-state index contributed by atoms with van der Waals surface area (Å²) in [5, 5.41) is 5.68. The lowest BCUT2D eigenvalue weighted by Gasteiger charge is -2.40. The summed E-state index contributed by atoms with van der Waals surface area (Å²) in [4.78, 5) is 40.5. The zero-order valence-corrected chi connectivity index (χ0v) is 25.6. The lowest BCUT2D eigenvalue weighted by atomic mass is 9.78. The van der Waals surface area contributed by atoms with E-state index in [1.807, 2.05) is 0 Å². The first kappa shape index (κ1) is 34.0. The fourth-order valence-corrected chi connectivity index (χ4v) is 5.66. The quantitative estimate of drug-likeness (QED) is 0.266. The normalized spacial score (nSPS) is 16.0. The number of carbonyl (C=O) groups is 3. The van der Waals surface area contributed by atoms with Gasteiger partial charge in [-0.2, -0.15) is 4.31 Å². The smallest absolute Gasteiger partial charge is 0.410 e. The monoisotopic (exact) mass is 592 g/mol. The number of rotatable bonds is 13. The van der Waals surface area contributed by atoms with Crippen molar-refractivity contribution in [3.05, 3.63) is 55.1 Å². The van der Waals surface area contributed by atoms with E-state index in [2.05, 4.69) is 23.8 Å². The van der Waals surface area contributed by atoms with Crippen LogP contribution in [-0.2, 0) is 24.3 Å². The second kappa shape index (κ2) is 14.6. The Morgan fingerprint density at radius 1 is 1.15 bits per heavy atom. The predicted octanol–water partition coefficient (Wildman–Crippen LogP) is 2.95. The molecule has 1 fully saturated rings. The number of nitrogens with zero attached hydrogens (tertiary/aromatic N) is 2. The molecule has 1 saturated heterocycles. The fourth-order valence-electron chi connectivity index (χ4n) is 4.33. The molecule has 41 heavy (non-hydrogen) atoms. The summed E-state index contributed by atoms with van der Waals surface area (Å²) in [6, 6.07) is 5.45. The van der Waals surface area contributed by atoms with E-state index < -0.39 is 39.1 Å². The minimum atomic E-state index is -3.92. The van der Waals surface area contributed by atoms with Gasteiger partial charge in [0, 0.05) is 39.3 Å². The van der Waals surface area contributed by atoms with Gasteiger partial charge < -0.3 is 25.0 Å². The summed E-state index contributed by atoms with van der Waals surface area (Å²) in [6.45, 7) is 15.6. The van der Waals surface area contributed by atoms with E-state index in [9.17, 15) is 22.8 Å². The van der Waals surface area contributed by atoms with Gasteiger partial charge in [-0.3, -0.25) is 9.59 Å². The summed E-state index contributed by atoms with van der Waals surface area (Å²) in [7, 11) is -2.51. The van der Waals surface area contributed by atoms with Crippen LogP contribution < -0.4 is 10.6 Å². The Morgan fingerprint density at radius 2 is 1.78 bits per heavy atom. The lowest BCUT2D eigenvalue weighted by Crippen LogP contribution is -2.54. The second-order valence-corrected chi connectivity index (χ2v) is 13.2. The third-order valence-electron chi connectivity index (χ3n) is 6.62. The van der Waals surface area contributed by atoms with Crippen molar-refractivity contribution >= 4 is 27.9 Å². The molecule has 1 aromatic rings. The largest absolute Gasteiger partial charge is 0.444 e. The zero-order chi connectivity index (χ0) is 30.8. The van der Waals surface area contributed by atoms with Gasteiger partial charge in [0.1, 0.15) is 5.60 Å². The molecule has 11 nitrogen and oxygen atoms in total. The van der Waals surface area contributed by atoms with Crippen molar-refractivity contribution < 1.29 is 32.3 Å². The van der Waals surface area contributed by atoms with Crippen LogP contribution >= 0.6 is 0 Å². The molecule has 0 aromatic heterocycles. The van der Waals surface area contributed by atoms with Gasteiger partial charge in [-0.1, -0.05) is 24.3 Å². The van der Waals surface area contributed by atoms with Crippen molar-refractivity contribution in [1.29, 1.82) is 0 Å². The third kappa shape index (κ3) is 9.40.